The average molecular weight is 532 g/mol. The number of aliphatic hydroxyl groups excluding tert-OH is 2. The third kappa shape index (κ3) is 9.88. The summed E-state index contributed by atoms with van der Waals surface area (Å²) >= 11 is 0. The van der Waals surface area contributed by atoms with Crippen LogP contribution in [0.3, 0.4) is 0 Å². The Bertz CT molecular complexity index is 965. The SMILES string of the molecule is CC(C)C(NC(=O)CCCCCN1C(=O)C=CC1O)C(=O)NC(CCCN)C(=O)Nc1ccc(CO)cc1. The van der Waals surface area contributed by atoms with Crippen LogP contribution in [-0.4, -0.2) is 70.1 Å². The van der Waals surface area contributed by atoms with E-state index in [4.69, 9.17) is 5.73 Å². The monoisotopic (exact) mass is 531 g/mol. The van der Waals surface area contributed by atoms with Crippen molar-refractivity contribution < 1.29 is 29.4 Å². The molecular weight excluding hydrogens is 490 g/mol. The number of nitrogens with zero attached hydrogens (tertiary/aromatic N) is 1. The van der Waals surface area contributed by atoms with Crippen LogP contribution in [0.2, 0.25) is 0 Å². The van der Waals surface area contributed by atoms with Gasteiger partial charge in [-0.15, -0.1) is 0 Å². The Balaban J connectivity index is 1.86. The molecular formula is C27H41N5O6. The van der Waals surface area contributed by atoms with Gasteiger partial charge in [-0.2, -0.15) is 0 Å². The van der Waals surface area contributed by atoms with Gasteiger partial charge in [-0.3, -0.25) is 19.2 Å². The number of amides is 4. The minimum atomic E-state index is -0.890. The number of anilines is 1. The van der Waals surface area contributed by atoms with Crippen molar-refractivity contribution in [3.05, 3.63) is 42.0 Å². The fraction of sp³-hybridized carbons (Fsp3) is 0.556. The molecule has 0 bridgehead atoms. The quantitative estimate of drug-likeness (QED) is 0.171. The number of carbonyl (C=O) groups is 4. The van der Waals surface area contributed by atoms with Crippen molar-refractivity contribution in [1.82, 2.24) is 15.5 Å². The number of aliphatic hydroxyl groups is 2. The second-order valence-corrected chi connectivity index (χ2v) is 9.74. The third-order valence-electron chi connectivity index (χ3n) is 6.32. The number of unbranched alkanes of at least 4 members (excludes halogenated alkanes) is 2. The van der Waals surface area contributed by atoms with Gasteiger partial charge in [0.2, 0.25) is 23.6 Å². The van der Waals surface area contributed by atoms with Crippen molar-refractivity contribution in [3.8, 4) is 0 Å². The molecule has 210 valence electrons. The van der Waals surface area contributed by atoms with Crippen LogP contribution in [0.25, 0.3) is 0 Å². The summed E-state index contributed by atoms with van der Waals surface area (Å²) in [6.45, 7) is 4.29. The lowest BCUT2D eigenvalue weighted by molar-refractivity contribution is -0.132. The Kier molecular flexibility index (Phi) is 12.9. The molecule has 1 aliphatic heterocycles. The molecule has 3 unspecified atom stereocenters. The summed E-state index contributed by atoms with van der Waals surface area (Å²) in [7, 11) is 0. The van der Waals surface area contributed by atoms with Gasteiger partial charge in [0.1, 0.15) is 18.3 Å². The first-order chi connectivity index (χ1) is 18.2. The number of hydrogen-bond donors (Lipinski definition) is 6. The van der Waals surface area contributed by atoms with E-state index in [9.17, 15) is 29.4 Å². The summed E-state index contributed by atoms with van der Waals surface area (Å²) in [5.74, 6) is -1.55. The van der Waals surface area contributed by atoms with Crippen molar-refractivity contribution >= 4 is 29.3 Å². The molecule has 2 rings (SSSR count). The molecule has 0 fully saturated rings. The summed E-state index contributed by atoms with van der Waals surface area (Å²) < 4.78 is 0. The second kappa shape index (κ2) is 15.9. The molecule has 7 N–H and O–H groups in total. The van der Waals surface area contributed by atoms with Gasteiger partial charge >= 0.3 is 0 Å². The Morgan fingerprint density at radius 3 is 2.32 bits per heavy atom. The fourth-order valence-corrected chi connectivity index (χ4v) is 4.04. The Labute approximate surface area is 223 Å². The van der Waals surface area contributed by atoms with Crippen LogP contribution in [0, 0.1) is 5.92 Å². The lowest BCUT2D eigenvalue weighted by Gasteiger charge is -2.25. The predicted octanol–water partition coefficient (Wildman–Crippen LogP) is 0.759. The maximum atomic E-state index is 13.1. The largest absolute Gasteiger partial charge is 0.392 e. The Hall–Kier alpha value is -3.28. The summed E-state index contributed by atoms with van der Waals surface area (Å²) in [5, 5.41) is 27.2. The fourth-order valence-electron chi connectivity index (χ4n) is 4.04. The number of benzene rings is 1. The highest BCUT2D eigenvalue weighted by Crippen LogP contribution is 2.13. The highest BCUT2D eigenvalue weighted by Gasteiger charge is 2.29. The number of rotatable bonds is 16. The zero-order chi connectivity index (χ0) is 28.1. The van der Waals surface area contributed by atoms with E-state index in [1.807, 2.05) is 13.8 Å². The van der Waals surface area contributed by atoms with Crippen molar-refractivity contribution in [2.24, 2.45) is 11.7 Å². The number of hydrogen-bond acceptors (Lipinski definition) is 7. The molecule has 1 aromatic carbocycles. The van der Waals surface area contributed by atoms with Crippen molar-refractivity contribution in [2.45, 2.75) is 77.3 Å². The maximum absolute atomic E-state index is 13.1. The van der Waals surface area contributed by atoms with Gasteiger partial charge in [0.25, 0.3) is 0 Å². The summed E-state index contributed by atoms with van der Waals surface area (Å²) in [4.78, 5) is 51.5. The third-order valence-corrected chi connectivity index (χ3v) is 6.32. The molecule has 0 aliphatic carbocycles. The number of nitrogens with two attached hydrogens (primary N) is 1. The Morgan fingerprint density at radius 2 is 1.74 bits per heavy atom. The molecule has 11 nitrogen and oxygen atoms in total. The number of carbonyl (C=O) groups excluding carboxylic acids is 4. The van der Waals surface area contributed by atoms with Gasteiger partial charge in [0.05, 0.1) is 6.61 Å². The molecule has 0 radical (unpaired) electrons. The van der Waals surface area contributed by atoms with Crippen molar-refractivity contribution in [1.29, 1.82) is 0 Å². The summed E-state index contributed by atoms with van der Waals surface area (Å²) in [6, 6.07) is 5.08. The first-order valence-electron chi connectivity index (χ1n) is 13.1. The van der Waals surface area contributed by atoms with Crippen LogP contribution in [0.5, 0.6) is 0 Å². The van der Waals surface area contributed by atoms with E-state index < -0.39 is 30.1 Å². The van der Waals surface area contributed by atoms with Gasteiger partial charge in [-0.1, -0.05) is 32.4 Å². The molecule has 0 spiro atoms. The molecule has 4 amide bonds. The highest BCUT2D eigenvalue weighted by atomic mass is 16.3. The number of nitrogens with one attached hydrogen (secondary N) is 3. The smallest absolute Gasteiger partial charge is 0.248 e. The van der Waals surface area contributed by atoms with Gasteiger partial charge in [-0.05, 0) is 61.9 Å². The van der Waals surface area contributed by atoms with Gasteiger partial charge in [0, 0.05) is 24.7 Å². The molecule has 1 aromatic rings. The molecule has 38 heavy (non-hydrogen) atoms. The van der Waals surface area contributed by atoms with E-state index in [1.54, 1.807) is 24.3 Å². The second-order valence-electron chi connectivity index (χ2n) is 9.74. The normalized spacial score (nSPS) is 16.4. The molecule has 1 aliphatic rings. The van der Waals surface area contributed by atoms with Crippen LogP contribution < -0.4 is 21.7 Å². The minimum Gasteiger partial charge on any atom is -0.392 e. The maximum Gasteiger partial charge on any atom is 0.248 e. The van der Waals surface area contributed by atoms with Crippen LogP contribution in [0.15, 0.2) is 36.4 Å². The topological polar surface area (TPSA) is 174 Å². The van der Waals surface area contributed by atoms with Gasteiger partial charge in [0.15, 0.2) is 0 Å². The molecule has 1 heterocycles. The van der Waals surface area contributed by atoms with Crippen LogP contribution >= 0.6 is 0 Å². The van der Waals surface area contributed by atoms with Gasteiger partial charge < -0.3 is 36.8 Å². The van der Waals surface area contributed by atoms with E-state index in [0.717, 1.165) is 0 Å². The molecule has 0 saturated heterocycles. The van der Waals surface area contributed by atoms with Gasteiger partial charge in [-0.25, -0.2) is 0 Å². The zero-order valence-corrected chi connectivity index (χ0v) is 22.2. The van der Waals surface area contributed by atoms with Crippen molar-refractivity contribution in [2.75, 3.05) is 18.4 Å². The van der Waals surface area contributed by atoms with E-state index >= 15 is 0 Å². The van der Waals surface area contributed by atoms with Crippen LogP contribution in [0.1, 0.15) is 57.9 Å². The van der Waals surface area contributed by atoms with E-state index in [1.165, 1.54) is 17.1 Å². The van der Waals surface area contributed by atoms with E-state index in [-0.39, 0.29) is 30.8 Å². The lowest BCUT2D eigenvalue weighted by Crippen LogP contribution is -2.54. The van der Waals surface area contributed by atoms with E-state index in [2.05, 4.69) is 16.0 Å². The molecule has 0 aromatic heterocycles. The Morgan fingerprint density at radius 1 is 1.03 bits per heavy atom. The molecule has 11 heteroatoms. The predicted molar refractivity (Wildman–Crippen MR) is 143 cm³/mol. The molecule has 0 saturated carbocycles. The minimum absolute atomic E-state index is 0.104. The average Bonchev–Trinajstić information content (AvgIpc) is 3.21. The van der Waals surface area contributed by atoms with Crippen LogP contribution in [-0.2, 0) is 25.8 Å². The summed E-state index contributed by atoms with van der Waals surface area (Å²) in [5.41, 5.74) is 6.87. The standard InChI is InChI=1S/C27H41N5O6/c1-18(2)25(31-22(34)8-4-3-5-16-32-23(35)13-14-24(32)36)27(38)30-21(7-6-15-28)26(37)29-20-11-9-19(17-33)10-12-20/h9-14,18,21,23,25,33,35H,3-8,15-17,28H2,1-2H3,(H,29,37)(H,30,38)(H,31,34). The zero-order valence-electron chi connectivity index (χ0n) is 22.2. The lowest BCUT2D eigenvalue weighted by atomic mass is 10.0. The summed E-state index contributed by atoms with van der Waals surface area (Å²) in [6.07, 6.45) is 4.87. The van der Waals surface area contributed by atoms with Crippen LogP contribution in [0.4, 0.5) is 5.69 Å². The highest BCUT2D eigenvalue weighted by molar-refractivity contribution is 5.98. The van der Waals surface area contributed by atoms with E-state index in [0.29, 0.717) is 56.4 Å². The first-order valence-corrected chi connectivity index (χ1v) is 13.1. The molecule has 3 atom stereocenters. The first kappa shape index (κ1) is 30.9. The van der Waals surface area contributed by atoms with Crippen molar-refractivity contribution in [3.63, 3.8) is 0 Å².